The molecule has 10 aromatic carbocycles. The van der Waals surface area contributed by atoms with Gasteiger partial charge in [-0.25, -0.2) is 9.97 Å². The number of para-hydroxylation sites is 3. The summed E-state index contributed by atoms with van der Waals surface area (Å²) >= 11 is 0. The van der Waals surface area contributed by atoms with Crippen LogP contribution in [0.15, 0.2) is 238 Å². The summed E-state index contributed by atoms with van der Waals surface area (Å²) in [5, 5.41) is 8.72. The number of hydrogen-bond acceptors (Lipinski definition) is 5. The Hall–Kier alpha value is -9.52. The van der Waals surface area contributed by atoms with Gasteiger partial charge in [0.2, 0.25) is 0 Å². The minimum absolute atomic E-state index is 0.612. The van der Waals surface area contributed by atoms with Gasteiger partial charge >= 0.3 is 0 Å². The molecule has 326 valence electrons. The van der Waals surface area contributed by atoms with Gasteiger partial charge in [0.05, 0.1) is 22.4 Å². The van der Waals surface area contributed by atoms with Gasteiger partial charge < -0.3 is 17.8 Å². The molecule has 0 N–H and O–H groups in total. The highest BCUT2D eigenvalue weighted by Crippen LogP contribution is 2.44. The third kappa shape index (κ3) is 5.93. The summed E-state index contributed by atoms with van der Waals surface area (Å²) in [5.74, 6) is 0.612. The number of fused-ring (bicyclic) bond motifs is 12. The van der Waals surface area contributed by atoms with E-state index in [1.807, 2.05) is 48.5 Å². The second-order valence-corrected chi connectivity index (χ2v) is 18.0. The first-order chi connectivity index (χ1) is 34.7. The quantitative estimate of drug-likeness (QED) is 0.166. The van der Waals surface area contributed by atoms with Crippen LogP contribution in [-0.2, 0) is 0 Å². The van der Waals surface area contributed by atoms with E-state index in [1.54, 1.807) is 0 Å². The Balaban J connectivity index is 0.876. The molecule has 0 spiro atoms. The predicted molar refractivity (Wildman–Crippen MR) is 285 cm³/mol. The Kier molecular flexibility index (Phi) is 8.26. The summed E-state index contributed by atoms with van der Waals surface area (Å²) in [6.07, 6.45) is 0. The summed E-state index contributed by atoms with van der Waals surface area (Å²) in [6, 6.07) is 78.5. The first-order valence-electron chi connectivity index (χ1n) is 23.5. The molecule has 15 aromatic rings. The van der Waals surface area contributed by atoms with Crippen molar-refractivity contribution in [3.63, 3.8) is 0 Å². The van der Waals surface area contributed by atoms with E-state index in [0.29, 0.717) is 5.82 Å². The molecule has 0 saturated heterocycles. The number of aromatic nitrogens is 3. The molecule has 0 aliphatic heterocycles. The lowest BCUT2D eigenvalue weighted by Crippen LogP contribution is -1.96. The maximum Gasteiger partial charge on any atom is 0.160 e. The molecular formula is C64H37N3O3. The molecule has 0 atom stereocenters. The zero-order valence-corrected chi connectivity index (χ0v) is 37.4. The number of nitrogens with zero attached hydrogens (tertiary/aromatic N) is 3. The summed E-state index contributed by atoms with van der Waals surface area (Å²) in [6.45, 7) is 0. The monoisotopic (exact) mass is 895 g/mol. The van der Waals surface area contributed by atoms with Crippen molar-refractivity contribution in [2.24, 2.45) is 0 Å². The van der Waals surface area contributed by atoms with Crippen LogP contribution < -0.4 is 0 Å². The molecule has 5 heterocycles. The van der Waals surface area contributed by atoms with Crippen molar-refractivity contribution in [3.8, 4) is 61.8 Å². The van der Waals surface area contributed by atoms with E-state index >= 15 is 0 Å². The molecule has 70 heavy (non-hydrogen) atoms. The Labute approximate surface area is 399 Å². The topological polar surface area (TPSA) is 70.1 Å². The number of furan rings is 3. The summed E-state index contributed by atoms with van der Waals surface area (Å²) in [7, 11) is 0. The largest absolute Gasteiger partial charge is 0.456 e. The molecule has 0 amide bonds. The van der Waals surface area contributed by atoms with Crippen molar-refractivity contribution in [1.29, 1.82) is 0 Å². The van der Waals surface area contributed by atoms with Crippen LogP contribution in [0.2, 0.25) is 0 Å². The predicted octanol–water partition coefficient (Wildman–Crippen LogP) is 17.6. The second-order valence-electron chi connectivity index (χ2n) is 18.0. The van der Waals surface area contributed by atoms with Gasteiger partial charge in [-0.2, -0.15) is 0 Å². The molecular weight excluding hydrogens is 859 g/mol. The Morgan fingerprint density at radius 1 is 0.286 bits per heavy atom. The molecule has 0 bridgehead atoms. The van der Waals surface area contributed by atoms with E-state index in [0.717, 1.165) is 122 Å². The smallest absolute Gasteiger partial charge is 0.160 e. The average Bonchev–Trinajstić information content (AvgIpc) is 4.19. The molecule has 6 nitrogen and oxygen atoms in total. The van der Waals surface area contributed by atoms with Crippen LogP contribution in [0, 0.1) is 0 Å². The van der Waals surface area contributed by atoms with Crippen molar-refractivity contribution in [3.05, 3.63) is 224 Å². The fourth-order valence-electron chi connectivity index (χ4n) is 10.8. The van der Waals surface area contributed by atoms with Gasteiger partial charge in [-0.15, -0.1) is 0 Å². The molecule has 5 aromatic heterocycles. The lowest BCUT2D eigenvalue weighted by molar-refractivity contribution is 0.668. The molecule has 0 aliphatic carbocycles. The van der Waals surface area contributed by atoms with Crippen LogP contribution >= 0.6 is 0 Å². The standard InChI is InChI=1S/C64H37N3O3/c1-3-13-38(14-4-1)52-37-53(66-64(65-52)42-25-29-47-46-18-8-10-22-56(46)70-61(47)36-42)48-20-12-24-60-63(48)51-35-41(28-32-58(51)69-60)44-19-11-23-59-62(44)50-34-40(27-31-57(50)68-59)39-26-30-55-49(33-39)45-17-7-9-21-54(45)67(55)43-15-5-2-6-16-43/h1-37H. The van der Waals surface area contributed by atoms with Gasteiger partial charge in [-0.1, -0.05) is 133 Å². The minimum atomic E-state index is 0.612. The van der Waals surface area contributed by atoms with Crippen LogP contribution in [0.5, 0.6) is 0 Å². The van der Waals surface area contributed by atoms with Crippen LogP contribution in [0.25, 0.3) is 149 Å². The van der Waals surface area contributed by atoms with Crippen LogP contribution in [0.4, 0.5) is 0 Å². The van der Waals surface area contributed by atoms with Crippen molar-refractivity contribution in [1.82, 2.24) is 14.5 Å². The van der Waals surface area contributed by atoms with Gasteiger partial charge in [-0.3, -0.25) is 0 Å². The van der Waals surface area contributed by atoms with Crippen molar-refractivity contribution < 1.29 is 13.3 Å². The maximum absolute atomic E-state index is 6.63. The van der Waals surface area contributed by atoms with Gasteiger partial charge in [0.1, 0.15) is 33.5 Å². The van der Waals surface area contributed by atoms with E-state index in [4.69, 9.17) is 23.2 Å². The van der Waals surface area contributed by atoms with Crippen molar-refractivity contribution in [2.45, 2.75) is 0 Å². The summed E-state index contributed by atoms with van der Waals surface area (Å²) in [5.41, 5.74) is 17.3. The van der Waals surface area contributed by atoms with E-state index in [-0.39, 0.29) is 0 Å². The van der Waals surface area contributed by atoms with Crippen LogP contribution in [0.1, 0.15) is 0 Å². The molecule has 0 aliphatic rings. The molecule has 0 radical (unpaired) electrons. The first kappa shape index (κ1) is 38.6. The average molecular weight is 896 g/mol. The normalized spacial score (nSPS) is 12.0. The third-order valence-corrected chi connectivity index (χ3v) is 14.0. The maximum atomic E-state index is 6.63. The van der Waals surface area contributed by atoms with E-state index in [2.05, 4.69) is 180 Å². The first-order valence-corrected chi connectivity index (χ1v) is 23.5. The molecule has 0 unspecified atom stereocenters. The Morgan fingerprint density at radius 2 is 0.829 bits per heavy atom. The number of benzene rings is 10. The van der Waals surface area contributed by atoms with Gasteiger partial charge in [0.25, 0.3) is 0 Å². The fourth-order valence-corrected chi connectivity index (χ4v) is 10.8. The van der Waals surface area contributed by atoms with Crippen molar-refractivity contribution in [2.75, 3.05) is 0 Å². The Bertz CT molecular complexity index is 4590. The van der Waals surface area contributed by atoms with Crippen molar-refractivity contribution >= 4 is 87.6 Å². The third-order valence-electron chi connectivity index (χ3n) is 14.0. The van der Waals surface area contributed by atoms with Gasteiger partial charge in [0.15, 0.2) is 5.82 Å². The van der Waals surface area contributed by atoms with Crippen LogP contribution in [-0.4, -0.2) is 14.5 Å². The zero-order chi connectivity index (χ0) is 45.9. The lowest BCUT2D eigenvalue weighted by atomic mass is 9.95. The van der Waals surface area contributed by atoms with E-state index in [1.165, 1.54) is 21.8 Å². The fraction of sp³-hybridized carbons (Fsp3) is 0. The van der Waals surface area contributed by atoms with Gasteiger partial charge in [-0.05, 0) is 113 Å². The minimum Gasteiger partial charge on any atom is -0.456 e. The van der Waals surface area contributed by atoms with E-state index in [9.17, 15) is 0 Å². The Morgan fingerprint density at radius 3 is 1.63 bits per heavy atom. The van der Waals surface area contributed by atoms with Gasteiger partial charge in [0, 0.05) is 65.5 Å². The second kappa shape index (κ2) is 15.0. The lowest BCUT2D eigenvalue weighted by Gasteiger charge is -2.10. The number of hydrogen-bond donors (Lipinski definition) is 0. The van der Waals surface area contributed by atoms with Crippen LogP contribution in [0.3, 0.4) is 0 Å². The molecule has 0 saturated carbocycles. The summed E-state index contributed by atoms with van der Waals surface area (Å²) in [4.78, 5) is 10.5. The summed E-state index contributed by atoms with van der Waals surface area (Å²) < 4.78 is 21.9. The number of rotatable bonds is 6. The molecule has 0 fully saturated rings. The highest BCUT2D eigenvalue weighted by Gasteiger charge is 2.21. The zero-order valence-electron chi connectivity index (χ0n) is 37.4. The molecule has 6 heteroatoms. The molecule has 15 rings (SSSR count). The highest BCUT2D eigenvalue weighted by molar-refractivity contribution is 6.17. The highest BCUT2D eigenvalue weighted by atomic mass is 16.3. The van der Waals surface area contributed by atoms with E-state index < -0.39 is 0 Å². The SMILES string of the molecule is c1ccc(-c2cc(-c3cccc4oc5ccc(-c6cccc7oc8ccc(-c9ccc%10c(c9)c9ccccc9n%10-c9ccccc9)cc8c67)cc5c34)nc(-c3ccc4c(c3)oc3ccccc34)n2)cc1.